The number of rotatable bonds is 16. The van der Waals surface area contributed by atoms with Gasteiger partial charge in [-0.25, -0.2) is 4.79 Å². The summed E-state index contributed by atoms with van der Waals surface area (Å²) in [6.07, 6.45) is 6.10. The van der Waals surface area contributed by atoms with Gasteiger partial charge in [-0.15, -0.1) is 0 Å². The molecular formula is C34H51N3O5. The summed E-state index contributed by atoms with van der Waals surface area (Å²) in [6.45, 7) is 11.8. The first-order valence-electron chi connectivity index (χ1n) is 15.4. The highest BCUT2D eigenvalue weighted by Crippen LogP contribution is 2.25. The van der Waals surface area contributed by atoms with Crippen LogP contribution in [-0.2, 0) is 20.7 Å². The molecule has 8 heteroatoms. The lowest BCUT2D eigenvalue weighted by molar-refractivity contribution is -0.142. The molecule has 0 heterocycles. The second-order valence-electron chi connectivity index (χ2n) is 12.0. The van der Waals surface area contributed by atoms with Crippen LogP contribution in [0.1, 0.15) is 104 Å². The van der Waals surface area contributed by atoms with Gasteiger partial charge in [-0.1, -0.05) is 88.4 Å². The van der Waals surface area contributed by atoms with Crippen molar-refractivity contribution >= 4 is 17.9 Å². The monoisotopic (exact) mass is 581 g/mol. The van der Waals surface area contributed by atoms with Crippen molar-refractivity contribution in [2.75, 3.05) is 6.54 Å². The van der Waals surface area contributed by atoms with Crippen molar-refractivity contribution < 1.29 is 24.2 Å². The molecule has 3 amide bonds. The third kappa shape index (κ3) is 12.1. The minimum atomic E-state index is -0.993. The number of nitrogens with one attached hydrogen (secondary N) is 2. The molecule has 2 aromatic carbocycles. The van der Waals surface area contributed by atoms with Gasteiger partial charge in [0.1, 0.15) is 23.4 Å². The van der Waals surface area contributed by atoms with Gasteiger partial charge in [0.2, 0.25) is 11.8 Å². The maximum Gasteiger partial charge on any atom is 0.408 e. The van der Waals surface area contributed by atoms with Crippen LogP contribution in [0.3, 0.4) is 0 Å². The summed E-state index contributed by atoms with van der Waals surface area (Å²) in [4.78, 5) is 42.9. The molecule has 3 unspecified atom stereocenters. The van der Waals surface area contributed by atoms with Gasteiger partial charge in [0, 0.05) is 19.0 Å². The second kappa shape index (κ2) is 17.4. The number of hydrogen-bond acceptors (Lipinski definition) is 5. The number of phenols is 1. The molecule has 0 saturated heterocycles. The Morgan fingerprint density at radius 1 is 0.881 bits per heavy atom. The smallest absolute Gasteiger partial charge is 0.408 e. The Morgan fingerprint density at radius 2 is 1.52 bits per heavy atom. The zero-order valence-electron chi connectivity index (χ0n) is 26.3. The molecule has 8 nitrogen and oxygen atoms in total. The Labute approximate surface area is 252 Å². The number of aromatic hydroxyl groups is 1. The van der Waals surface area contributed by atoms with Crippen molar-refractivity contribution in [3.8, 4) is 5.75 Å². The molecule has 232 valence electrons. The maximum absolute atomic E-state index is 14.5. The van der Waals surface area contributed by atoms with E-state index in [0.717, 1.165) is 50.5 Å². The number of carbonyl (C=O) groups is 3. The molecule has 0 aliphatic heterocycles. The summed E-state index contributed by atoms with van der Waals surface area (Å²) in [5.74, 6) is -0.501. The molecule has 0 aliphatic rings. The molecule has 0 saturated carbocycles. The Balaban J connectivity index is 2.52. The van der Waals surface area contributed by atoms with E-state index in [1.165, 1.54) is 0 Å². The number of alkyl carbamates (subject to hydrolysis) is 1. The van der Waals surface area contributed by atoms with E-state index in [9.17, 15) is 19.5 Å². The molecule has 0 aliphatic carbocycles. The maximum atomic E-state index is 14.5. The summed E-state index contributed by atoms with van der Waals surface area (Å²) in [6, 6.07) is 13.9. The summed E-state index contributed by atoms with van der Waals surface area (Å²) < 4.78 is 5.51. The van der Waals surface area contributed by atoms with Gasteiger partial charge in [-0.05, 0) is 63.8 Å². The second-order valence-corrected chi connectivity index (χ2v) is 12.0. The van der Waals surface area contributed by atoms with Gasteiger partial charge in [-0.3, -0.25) is 9.59 Å². The van der Waals surface area contributed by atoms with Crippen LogP contribution in [0.5, 0.6) is 5.75 Å². The number of benzene rings is 2. The average molecular weight is 582 g/mol. The van der Waals surface area contributed by atoms with E-state index in [1.807, 2.05) is 37.3 Å². The third-order valence-corrected chi connectivity index (χ3v) is 6.94. The zero-order valence-corrected chi connectivity index (χ0v) is 26.3. The SMILES string of the molecule is CCCCCCCN(C(=O)C(Cc1ccc(O)cc1)NC(=O)OC(C)(C)C)C(C(=O)NC(C)CCC)c1ccccc1. The van der Waals surface area contributed by atoms with Crippen LogP contribution in [0.25, 0.3) is 0 Å². The topological polar surface area (TPSA) is 108 Å². The molecule has 3 N–H and O–H groups in total. The van der Waals surface area contributed by atoms with E-state index < -0.39 is 23.8 Å². The summed E-state index contributed by atoms with van der Waals surface area (Å²) in [5, 5.41) is 15.7. The predicted molar refractivity (Wildman–Crippen MR) is 167 cm³/mol. The Hall–Kier alpha value is -3.55. The van der Waals surface area contributed by atoms with Crippen molar-refractivity contribution in [1.29, 1.82) is 0 Å². The largest absolute Gasteiger partial charge is 0.508 e. The van der Waals surface area contributed by atoms with E-state index >= 15 is 0 Å². The van der Waals surface area contributed by atoms with Crippen LogP contribution in [-0.4, -0.2) is 52.1 Å². The molecule has 0 spiro atoms. The number of amides is 3. The summed E-state index contributed by atoms with van der Waals surface area (Å²) in [5.41, 5.74) is 0.709. The standard InChI is InChI=1S/C34H51N3O5/c1-7-9-10-11-15-23-37(30(27-17-13-12-14-18-27)31(39)35-25(3)16-8-2)32(40)29(36-33(41)42-34(4,5)6)24-26-19-21-28(38)22-20-26/h12-14,17-22,25,29-30,38H,7-11,15-16,23-24H2,1-6H3,(H,35,39)(H,36,41). The van der Waals surface area contributed by atoms with Crippen LogP contribution in [0.4, 0.5) is 4.79 Å². The van der Waals surface area contributed by atoms with E-state index in [0.29, 0.717) is 12.1 Å². The first kappa shape index (κ1) is 34.7. The lowest BCUT2D eigenvalue weighted by Gasteiger charge is -2.35. The summed E-state index contributed by atoms with van der Waals surface area (Å²) in [7, 11) is 0. The van der Waals surface area contributed by atoms with Crippen LogP contribution < -0.4 is 10.6 Å². The fourth-order valence-corrected chi connectivity index (χ4v) is 4.91. The molecule has 0 bridgehead atoms. The molecule has 0 aromatic heterocycles. The van der Waals surface area contributed by atoms with Gasteiger partial charge in [0.05, 0.1) is 0 Å². The van der Waals surface area contributed by atoms with E-state index in [2.05, 4.69) is 24.5 Å². The minimum absolute atomic E-state index is 0.0529. The number of ether oxygens (including phenoxy) is 1. The quantitative estimate of drug-likeness (QED) is 0.192. The van der Waals surface area contributed by atoms with Crippen LogP contribution in [0, 0.1) is 0 Å². The lowest BCUT2D eigenvalue weighted by atomic mass is 9.99. The van der Waals surface area contributed by atoms with Gasteiger partial charge in [0.15, 0.2) is 0 Å². The highest BCUT2D eigenvalue weighted by atomic mass is 16.6. The molecule has 42 heavy (non-hydrogen) atoms. The molecule has 0 radical (unpaired) electrons. The van der Waals surface area contributed by atoms with Crippen molar-refractivity contribution in [2.45, 2.75) is 117 Å². The molecular weight excluding hydrogens is 530 g/mol. The van der Waals surface area contributed by atoms with Crippen LogP contribution >= 0.6 is 0 Å². The van der Waals surface area contributed by atoms with Gasteiger partial charge < -0.3 is 25.4 Å². The molecule has 0 fully saturated rings. The number of carbonyl (C=O) groups excluding carboxylic acids is 3. The van der Waals surface area contributed by atoms with Gasteiger partial charge in [0.25, 0.3) is 0 Å². The van der Waals surface area contributed by atoms with E-state index in [-0.39, 0.29) is 30.0 Å². The number of phenolic OH excluding ortho intramolecular Hbond substituents is 1. The van der Waals surface area contributed by atoms with Gasteiger partial charge >= 0.3 is 6.09 Å². The van der Waals surface area contributed by atoms with Crippen molar-refractivity contribution in [3.63, 3.8) is 0 Å². The Bertz CT molecular complexity index is 1100. The van der Waals surface area contributed by atoms with Crippen LogP contribution in [0.2, 0.25) is 0 Å². The zero-order chi connectivity index (χ0) is 31.1. The first-order chi connectivity index (χ1) is 19.9. The normalized spacial score (nSPS) is 13.5. The van der Waals surface area contributed by atoms with E-state index in [4.69, 9.17) is 4.74 Å². The first-order valence-corrected chi connectivity index (χ1v) is 15.4. The van der Waals surface area contributed by atoms with Crippen molar-refractivity contribution in [3.05, 3.63) is 65.7 Å². The van der Waals surface area contributed by atoms with Gasteiger partial charge in [-0.2, -0.15) is 0 Å². The Kier molecular flexibility index (Phi) is 14.4. The molecule has 2 aromatic rings. The minimum Gasteiger partial charge on any atom is -0.508 e. The fraction of sp³-hybridized carbons (Fsp3) is 0.559. The van der Waals surface area contributed by atoms with E-state index in [1.54, 1.807) is 49.9 Å². The summed E-state index contributed by atoms with van der Waals surface area (Å²) >= 11 is 0. The predicted octanol–water partition coefficient (Wildman–Crippen LogP) is 6.67. The van der Waals surface area contributed by atoms with Crippen LogP contribution in [0.15, 0.2) is 54.6 Å². The Morgan fingerprint density at radius 3 is 2.12 bits per heavy atom. The molecule has 3 atom stereocenters. The number of unbranched alkanes of at least 4 members (excludes halogenated alkanes) is 4. The number of hydrogen-bond donors (Lipinski definition) is 3. The highest BCUT2D eigenvalue weighted by molar-refractivity contribution is 5.92. The fourth-order valence-electron chi connectivity index (χ4n) is 4.91. The highest BCUT2D eigenvalue weighted by Gasteiger charge is 2.36. The van der Waals surface area contributed by atoms with Crippen molar-refractivity contribution in [1.82, 2.24) is 15.5 Å². The molecule has 2 rings (SSSR count). The lowest BCUT2D eigenvalue weighted by Crippen LogP contribution is -2.54. The van der Waals surface area contributed by atoms with Crippen molar-refractivity contribution in [2.24, 2.45) is 0 Å². The average Bonchev–Trinajstić information content (AvgIpc) is 2.92. The number of nitrogens with zero attached hydrogens (tertiary/aromatic N) is 1. The third-order valence-electron chi connectivity index (χ3n) is 6.94.